The van der Waals surface area contributed by atoms with Crippen molar-refractivity contribution in [2.24, 2.45) is 0 Å². The fourth-order valence-electron chi connectivity index (χ4n) is 4.42. The molecule has 0 saturated carbocycles. The summed E-state index contributed by atoms with van der Waals surface area (Å²) in [4.78, 5) is 17.6. The second-order valence-corrected chi connectivity index (χ2v) is 9.45. The highest BCUT2D eigenvalue weighted by atomic mass is 32.1. The first-order chi connectivity index (χ1) is 17.8. The maximum Gasteiger partial charge on any atom is 0.262 e. The molecule has 3 aromatic carbocycles. The van der Waals surface area contributed by atoms with E-state index in [0.717, 1.165) is 59.2 Å². The molecule has 0 radical (unpaired) electrons. The second kappa shape index (κ2) is 12.1. The quantitative estimate of drug-likeness (QED) is 0.403. The van der Waals surface area contributed by atoms with Crippen LogP contribution in [0.1, 0.15) is 23.6 Å². The summed E-state index contributed by atoms with van der Waals surface area (Å²) in [7, 11) is 0. The lowest BCUT2D eigenvalue weighted by Crippen LogP contribution is -2.48. The Morgan fingerprint density at radius 1 is 0.919 bits per heavy atom. The smallest absolute Gasteiger partial charge is 0.262 e. The largest absolute Gasteiger partial charge is 0.490 e. The summed E-state index contributed by atoms with van der Waals surface area (Å²) in [5, 5.41) is 2.88. The monoisotopic (exact) mass is 521 g/mol. The fraction of sp³-hybridized carbons (Fsp3) is 0.310. The van der Waals surface area contributed by atoms with Crippen LogP contribution < -0.4 is 19.7 Å². The third kappa shape index (κ3) is 6.98. The molecule has 0 aliphatic carbocycles. The molecule has 1 aliphatic rings. The number of carbonyl (C=O) groups excluding carboxylic acids is 1. The van der Waals surface area contributed by atoms with Crippen LogP contribution in [0.25, 0.3) is 0 Å². The van der Waals surface area contributed by atoms with Crippen molar-refractivity contribution >= 4 is 34.5 Å². The Labute approximate surface area is 223 Å². The third-order valence-electron chi connectivity index (χ3n) is 6.11. The number of nitrogens with one attached hydrogen (secondary N) is 1. The predicted octanol–water partition coefficient (Wildman–Crippen LogP) is 5.36. The zero-order valence-corrected chi connectivity index (χ0v) is 22.2. The number of hydrogen-bond acceptors (Lipinski definition) is 5. The van der Waals surface area contributed by atoms with Crippen molar-refractivity contribution in [1.29, 1.82) is 0 Å². The van der Waals surface area contributed by atoms with Crippen molar-refractivity contribution in [3.8, 4) is 11.5 Å². The SMILES string of the molecule is CCOc1cc(C(=S)N2CCN(c3ccc(F)cc3)CC2)ccc1OCC(=O)Nc1cc(C)cc(C)c1. The molecule has 194 valence electrons. The highest BCUT2D eigenvalue weighted by molar-refractivity contribution is 7.80. The van der Waals surface area contributed by atoms with Gasteiger partial charge in [0.25, 0.3) is 5.91 Å². The highest BCUT2D eigenvalue weighted by Crippen LogP contribution is 2.30. The van der Waals surface area contributed by atoms with Crippen LogP contribution in [0.4, 0.5) is 15.8 Å². The number of halogens is 1. The number of anilines is 2. The second-order valence-electron chi connectivity index (χ2n) is 9.06. The summed E-state index contributed by atoms with van der Waals surface area (Å²) >= 11 is 5.80. The zero-order valence-electron chi connectivity index (χ0n) is 21.4. The Kier molecular flexibility index (Phi) is 8.61. The summed E-state index contributed by atoms with van der Waals surface area (Å²) in [6.45, 7) is 9.31. The maximum atomic E-state index is 13.2. The van der Waals surface area contributed by atoms with E-state index in [2.05, 4.69) is 21.2 Å². The number of amides is 1. The Hall–Kier alpha value is -3.65. The van der Waals surface area contributed by atoms with Crippen LogP contribution in [0.3, 0.4) is 0 Å². The average Bonchev–Trinajstić information content (AvgIpc) is 2.87. The minimum Gasteiger partial charge on any atom is -0.490 e. The Morgan fingerprint density at radius 2 is 1.59 bits per heavy atom. The van der Waals surface area contributed by atoms with Crippen LogP contribution >= 0.6 is 12.2 Å². The van der Waals surface area contributed by atoms with E-state index in [1.54, 1.807) is 18.2 Å². The number of thiocarbonyl (C=S) groups is 1. The zero-order chi connectivity index (χ0) is 26.4. The molecule has 1 amide bonds. The number of piperazine rings is 1. The van der Waals surface area contributed by atoms with Crippen LogP contribution in [0.2, 0.25) is 0 Å². The first-order valence-corrected chi connectivity index (χ1v) is 12.8. The fourth-order valence-corrected chi connectivity index (χ4v) is 4.73. The highest BCUT2D eigenvalue weighted by Gasteiger charge is 2.21. The molecule has 6 nitrogen and oxygen atoms in total. The summed E-state index contributed by atoms with van der Waals surface area (Å²) in [6, 6.07) is 18.0. The Bertz CT molecular complexity index is 1240. The van der Waals surface area contributed by atoms with Gasteiger partial charge in [-0.1, -0.05) is 18.3 Å². The van der Waals surface area contributed by atoms with E-state index >= 15 is 0 Å². The topological polar surface area (TPSA) is 54.0 Å². The summed E-state index contributed by atoms with van der Waals surface area (Å²) in [6.07, 6.45) is 0. The van der Waals surface area contributed by atoms with E-state index in [-0.39, 0.29) is 18.3 Å². The van der Waals surface area contributed by atoms with Crippen molar-refractivity contribution in [3.05, 3.63) is 83.2 Å². The van der Waals surface area contributed by atoms with Gasteiger partial charge in [-0.05, 0) is 86.5 Å². The van der Waals surface area contributed by atoms with Gasteiger partial charge in [0.15, 0.2) is 18.1 Å². The van der Waals surface area contributed by atoms with Gasteiger partial charge in [-0.25, -0.2) is 4.39 Å². The Morgan fingerprint density at radius 3 is 2.24 bits per heavy atom. The van der Waals surface area contributed by atoms with E-state index in [9.17, 15) is 9.18 Å². The molecule has 1 N–H and O–H groups in total. The molecule has 0 unspecified atom stereocenters. The van der Waals surface area contributed by atoms with Gasteiger partial charge in [0.05, 0.1) is 6.61 Å². The van der Waals surface area contributed by atoms with Gasteiger partial charge in [-0.15, -0.1) is 0 Å². The van der Waals surface area contributed by atoms with Crippen molar-refractivity contribution in [2.75, 3.05) is 49.6 Å². The van der Waals surface area contributed by atoms with Gasteiger partial charge in [0, 0.05) is 43.1 Å². The molecule has 0 spiro atoms. The standard InChI is InChI=1S/C29H32FN3O3S/c1-4-35-27-18-22(29(37)33-13-11-32(12-14-33)25-8-6-23(30)7-9-25)5-10-26(27)36-19-28(34)31-24-16-20(2)15-21(3)17-24/h5-10,15-18H,4,11-14,19H2,1-3H3,(H,31,34). The number of benzene rings is 3. The van der Waals surface area contributed by atoms with Gasteiger partial charge in [-0.3, -0.25) is 4.79 Å². The lowest BCUT2D eigenvalue weighted by atomic mass is 10.1. The number of ether oxygens (including phenoxy) is 2. The van der Waals surface area contributed by atoms with E-state index in [1.165, 1.54) is 12.1 Å². The van der Waals surface area contributed by atoms with Gasteiger partial charge in [0.1, 0.15) is 10.8 Å². The molecule has 0 aromatic heterocycles. The summed E-state index contributed by atoms with van der Waals surface area (Å²) in [5.41, 5.74) is 4.78. The molecule has 0 atom stereocenters. The van der Waals surface area contributed by atoms with E-state index in [1.807, 2.05) is 45.0 Å². The van der Waals surface area contributed by atoms with Crippen molar-refractivity contribution in [1.82, 2.24) is 4.90 Å². The molecular formula is C29H32FN3O3S. The van der Waals surface area contributed by atoms with Crippen molar-refractivity contribution < 1.29 is 18.7 Å². The van der Waals surface area contributed by atoms with E-state index in [0.29, 0.717) is 18.1 Å². The molecule has 37 heavy (non-hydrogen) atoms. The van der Waals surface area contributed by atoms with E-state index < -0.39 is 0 Å². The number of carbonyl (C=O) groups is 1. The molecule has 1 heterocycles. The summed E-state index contributed by atoms with van der Waals surface area (Å²) < 4.78 is 24.9. The molecule has 1 fully saturated rings. The number of aryl methyl sites for hydroxylation is 2. The van der Waals surface area contributed by atoms with Gasteiger partial charge < -0.3 is 24.6 Å². The van der Waals surface area contributed by atoms with Crippen molar-refractivity contribution in [2.45, 2.75) is 20.8 Å². The molecule has 4 rings (SSSR count). The third-order valence-corrected chi connectivity index (χ3v) is 6.61. The number of rotatable bonds is 8. The molecule has 1 saturated heterocycles. The molecule has 8 heteroatoms. The average molecular weight is 522 g/mol. The Balaban J connectivity index is 1.36. The molecular weight excluding hydrogens is 489 g/mol. The predicted molar refractivity (Wildman–Crippen MR) is 150 cm³/mol. The van der Waals surface area contributed by atoms with Crippen molar-refractivity contribution in [3.63, 3.8) is 0 Å². The van der Waals surface area contributed by atoms with Gasteiger partial charge >= 0.3 is 0 Å². The first kappa shape index (κ1) is 26.4. The van der Waals surface area contributed by atoms with Gasteiger partial charge in [-0.2, -0.15) is 0 Å². The minimum absolute atomic E-state index is 0.137. The van der Waals surface area contributed by atoms with Gasteiger partial charge in [0.2, 0.25) is 0 Å². The van der Waals surface area contributed by atoms with Crippen LogP contribution in [-0.2, 0) is 4.79 Å². The van der Waals surface area contributed by atoms with Crippen LogP contribution in [-0.4, -0.2) is 55.2 Å². The normalized spacial score (nSPS) is 13.3. The lowest BCUT2D eigenvalue weighted by Gasteiger charge is -2.37. The van der Waals surface area contributed by atoms with Crippen LogP contribution in [0.5, 0.6) is 11.5 Å². The van der Waals surface area contributed by atoms with Crippen LogP contribution in [0, 0.1) is 19.7 Å². The van der Waals surface area contributed by atoms with Crippen LogP contribution in [0.15, 0.2) is 60.7 Å². The molecule has 3 aromatic rings. The van der Waals surface area contributed by atoms with E-state index in [4.69, 9.17) is 21.7 Å². The summed E-state index contributed by atoms with van der Waals surface area (Å²) in [5.74, 6) is 0.561. The number of nitrogens with zero attached hydrogens (tertiary/aromatic N) is 2. The maximum absolute atomic E-state index is 13.2. The lowest BCUT2D eigenvalue weighted by molar-refractivity contribution is -0.118. The molecule has 0 bridgehead atoms. The first-order valence-electron chi connectivity index (χ1n) is 12.4. The minimum atomic E-state index is -0.244. The number of hydrogen-bond donors (Lipinski definition) is 1. The molecule has 1 aliphatic heterocycles.